The maximum Gasteiger partial charge on any atom is 0.436 e. The molecule has 1 aromatic heterocycles. The van der Waals surface area contributed by atoms with Crippen molar-refractivity contribution in [2.24, 2.45) is 5.10 Å². The van der Waals surface area contributed by atoms with E-state index in [9.17, 15) is 18.0 Å². The lowest BCUT2D eigenvalue weighted by Crippen LogP contribution is -2.27. The van der Waals surface area contributed by atoms with Crippen molar-refractivity contribution in [2.45, 2.75) is 26.4 Å². The molecule has 0 N–H and O–H groups in total. The Labute approximate surface area is 145 Å². The number of rotatable bonds is 4. The van der Waals surface area contributed by atoms with Gasteiger partial charge in [0.25, 0.3) is 5.91 Å². The Morgan fingerprint density at radius 1 is 1.28 bits per heavy atom. The second-order valence-electron chi connectivity index (χ2n) is 5.11. The summed E-state index contributed by atoms with van der Waals surface area (Å²) in [7, 11) is 0. The maximum atomic E-state index is 13.4. The quantitative estimate of drug-likeness (QED) is 0.598. The third kappa shape index (κ3) is 3.11. The number of para-hydroxylation sites is 1. The number of carbonyl (C=O) groups is 1. The predicted octanol–water partition coefficient (Wildman–Crippen LogP) is 4.26. The Morgan fingerprint density at radius 2 is 2.00 bits per heavy atom. The molecule has 5 nitrogen and oxygen atoms in total. The molecule has 0 spiro atoms. The molecule has 2 heterocycles. The number of amides is 1. The molecule has 0 radical (unpaired) electrons. The molecule has 1 aromatic carbocycles. The molecular formula is C16H14F3N3O2S. The Bertz CT molecular complexity index is 853. The topological polar surface area (TPSA) is 54.8 Å². The minimum absolute atomic E-state index is 0.0211. The highest BCUT2D eigenvalue weighted by atomic mass is 32.1. The zero-order valence-corrected chi connectivity index (χ0v) is 14.2. The number of hydrogen-bond acceptors (Lipinski definition) is 5. The van der Waals surface area contributed by atoms with Gasteiger partial charge in [-0.15, -0.1) is 0 Å². The number of thiazole rings is 1. The van der Waals surface area contributed by atoms with Crippen molar-refractivity contribution in [2.75, 3.05) is 11.6 Å². The van der Waals surface area contributed by atoms with Crippen molar-refractivity contribution in [3.05, 3.63) is 35.6 Å². The molecule has 0 unspecified atom stereocenters. The Morgan fingerprint density at radius 3 is 2.60 bits per heavy atom. The number of hydrazone groups is 1. The molecule has 3 rings (SSSR count). The molecule has 0 fully saturated rings. The minimum Gasteiger partial charge on any atom is -0.497 e. The average Bonchev–Trinajstić information content (AvgIpc) is 3.13. The summed E-state index contributed by atoms with van der Waals surface area (Å²) in [5.41, 5.74) is -1.20. The molecule has 1 aliphatic rings. The van der Waals surface area contributed by atoms with Crippen molar-refractivity contribution in [3.8, 4) is 0 Å². The summed E-state index contributed by atoms with van der Waals surface area (Å²) in [6, 6.07) is 7.05. The lowest BCUT2D eigenvalue weighted by molar-refractivity contribution is -0.114. The highest BCUT2D eigenvalue weighted by molar-refractivity contribution is 7.22. The van der Waals surface area contributed by atoms with Crippen molar-refractivity contribution < 1.29 is 22.7 Å². The number of aromatic nitrogens is 1. The highest BCUT2D eigenvalue weighted by Gasteiger charge is 2.49. The number of nitrogens with zero attached hydrogens (tertiary/aromatic N) is 3. The molecule has 0 atom stereocenters. The number of halogens is 3. The second kappa shape index (κ2) is 6.47. The number of fused-ring (bicyclic) bond motifs is 1. The van der Waals surface area contributed by atoms with E-state index in [4.69, 9.17) is 4.74 Å². The first-order chi connectivity index (χ1) is 11.9. The van der Waals surface area contributed by atoms with Crippen LogP contribution in [-0.2, 0) is 9.53 Å². The molecule has 9 heteroatoms. The molecule has 1 aliphatic heterocycles. The number of hydrogen-bond donors (Lipinski definition) is 0. The first-order valence-corrected chi connectivity index (χ1v) is 8.40. The van der Waals surface area contributed by atoms with Crippen LogP contribution in [0.3, 0.4) is 0 Å². The van der Waals surface area contributed by atoms with Crippen LogP contribution in [0.4, 0.5) is 18.3 Å². The van der Waals surface area contributed by atoms with Crippen LogP contribution in [0.15, 0.2) is 40.7 Å². The first kappa shape index (κ1) is 17.4. The first-order valence-electron chi connectivity index (χ1n) is 7.59. The van der Waals surface area contributed by atoms with Crippen molar-refractivity contribution in [1.29, 1.82) is 0 Å². The van der Waals surface area contributed by atoms with Crippen LogP contribution in [0.1, 0.15) is 20.3 Å². The summed E-state index contributed by atoms with van der Waals surface area (Å²) in [6.45, 7) is 3.43. The van der Waals surface area contributed by atoms with Crippen LogP contribution < -0.4 is 5.01 Å². The zero-order valence-electron chi connectivity index (χ0n) is 13.4. The normalized spacial score (nSPS) is 17.2. The number of ether oxygens (including phenoxy) is 1. The Balaban J connectivity index is 2.13. The van der Waals surface area contributed by atoms with Crippen molar-refractivity contribution in [3.63, 3.8) is 0 Å². The maximum absolute atomic E-state index is 13.4. The zero-order chi connectivity index (χ0) is 18.2. The minimum atomic E-state index is -4.77. The summed E-state index contributed by atoms with van der Waals surface area (Å²) >= 11 is 1.10. The van der Waals surface area contributed by atoms with E-state index in [0.717, 1.165) is 16.0 Å². The number of alkyl halides is 3. The van der Waals surface area contributed by atoms with Gasteiger partial charge in [0.2, 0.25) is 5.13 Å². The number of carbonyl (C=O) groups excluding carboxylic acids is 1. The van der Waals surface area contributed by atoms with Crippen LogP contribution in [0, 0.1) is 0 Å². The average molecular weight is 369 g/mol. The van der Waals surface area contributed by atoms with Gasteiger partial charge in [-0.25, -0.2) is 4.98 Å². The number of anilines is 1. The third-order valence-corrected chi connectivity index (χ3v) is 4.51. The van der Waals surface area contributed by atoms with Gasteiger partial charge >= 0.3 is 6.18 Å². The van der Waals surface area contributed by atoms with Gasteiger partial charge in [0.15, 0.2) is 5.71 Å². The summed E-state index contributed by atoms with van der Waals surface area (Å²) in [4.78, 5) is 16.9. The van der Waals surface area contributed by atoms with E-state index in [-0.39, 0.29) is 23.9 Å². The van der Waals surface area contributed by atoms with E-state index in [1.54, 1.807) is 38.1 Å². The Kier molecular flexibility index (Phi) is 4.51. The summed E-state index contributed by atoms with van der Waals surface area (Å²) in [6.07, 6.45) is -4.62. The largest absolute Gasteiger partial charge is 0.497 e. The van der Waals surface area contributed by atoms with Crippen molar-refractivity contribution in [1.82, 2.24) is 4.98 Å². The van der Waals surface area contributed by atoms with Gasteiger partial charge in [0, 0.05) is 6.42 Å². The van der Waals surface area contributed by atoms with Crippen LogP contribution in [0.2, 0.25) is 0 Å². The molecular weight excluding hydrogens is 355 g/mol. The molecule has 0 saturated heterocycles. The standard InChI is InChI=1S/C16H14F3N3O2S/c1-3-10(24-4-2)12-13(16(17,18)19)21-22(14(12)23)15-20-9-7-5-6-8-11(9)25-15/h5-8H,3-4H2,1-2H3. The fourth-order valence-electron chi connectivity index (χ4n) is 2.46. The van der Waals surface area contributed by atoms with Gasteiger partial charge in [0.05, 0.1) is 16.8 Å². The van der Waals surface area contributed by atoms with Gasteiger partial charge in [-0.3, -0.25) is 4.79 Å². The Hall–Kier alpha value is -2.42. The monoisotopic (exact) mass is 369 g/mol. The SMILES string of the molecule is CCOC(CC)=C1C(=O)N(c2nc3ccccc3s2)N=C1C(F)(F)F. The molecule has 0 bridgehead atoms. The van der Waals surface area contributed by atoms with E-state index in [2.05, 4.69) is 10.1 Å². The lowest BCUT2D eigenvalue weighted by atomic mass is 10.1. The molecule has 0 aliphatic carbocycles. The van der Waals surface area contributed by atoms with E-state index >= 15 is 0 Å². The molecule has 25 heavy (non-hydrogen) atoms. The summed E-state index contributed by atoms with van der Waals surface area (Å²) in [5, 5.41) is 4.32. The van der Waals surface area contributed by atoms with E-state index < -0.39 is 23.4 Å². The van der Waals surface area contributed by atoms with Gasteiger partial charge in [0.1, 0.15) is 11.3 Å². The lowest BCUT2D eigenvalue weighted by Gasteiger charge is -2.12. The van der Waals surface area contributed by atoms with Crippen LogP contribution >= 0.6 is 11.3 Å². The van der Waals surface area contributed by atoms with Gasteiger partial charge < -0.3 is 4.74 Å². The van der Waals surface area contributed by atoms with E-state index in [1.807, 2.05) is 0 Å². The fourth-order valence-corrected chi connectivity index (χ4v) is 3.37. The highest BCUT2D eigenvalue weighted by Crippen LogP contribution is 2.36. The van der Waals surface area contributed by atoms with Crippen LogP contribution in [0.5, 0.6) is 0 Å². The van der Waals surface area contributed by atoms with Gasteiger partial charge in [-0.05, 0) is 19.1 Å². The van der Waals surface area contributed by atoms with Crippen molar-refractivity contribution >= 4 is 38.3 Å². The summed E-state index contributed by atoms with van der Waals surface area (Å²) < 4.78 is 46.2. The molecule has 132 valence electrons. The van der Waals surface area contributed by atoms with Gasteiger partial charge in [-0.1, -0.05) is 30.4 Å². The molecule has 2 aromatic rings. The molecule has 0 saturated carbocycles. The van der Waals surface area contributed by atoms with Crippen LogP contribution in [0.25, 0.3) is 10.2 Å². The van der Waals surface area contributed by atoms with E-state index in [0.29, 0.717) is 10.5 Å². The second-order valence-corrected chi connectivity index (χ2v) is 6.12. The van der Waals surface area contributed by atoms with E-state index in [1.165, 1.54) is 0 Å². The third-order valence-electron chi connectivity index (χ3n) is 3.49. The smallest absolute Gasteiger partial charge is 0.436 e. The summed E-state index contributed by atoms with van der Waals surface area (Å²) in [5.74, 6) is -0.899. The number of allylic oxidation sites excluding steroid dienone is 1. The molecule has 1 amide bonds. The van der Waals surface area contributed by atoms with Gasteiger partial charge in [-0.2, -0.15) is 23.3 Å². The van der Waals surface area contributed by atoms with Crippen LogP contribution in [-0.4, -0.2) is 29.4 Å². The fraction of sp³-hybridized carbons (Fsp3) is 0.312. The predicted molar refractivity (Wildman–Crippen MR) is 89.5 cm³/mol. The number of benzene rings is 1.